The molecule has 0 spiro atoms. The van der Waals surface area contributed by atoms with Crippen molar-refractivity contribution in [3.8, 4) is 11.8 Å². The van der Waals surface area contributed by atoms with Gasteiger partial charge in [0.05, 0.1) is 31.5 Å². The minimum atomic E-state index is -0.358. The molecule has 0 fully saturated rings. The molecule has 0 radical (unpaired) electrons. The fourth-order valence-electron chi connectivity index (χ4n) is 2.69. The van der Waals surface area contributed by atoms with E-state index >= 15 is 0 Å². The number of benzene rings is 3. The van der Waals surface area contributed by atoms with Crippen molar-refractivity contribution in [1.82, 2.24) is 4.48 Å². The summed E-state index contributed by atoms with van der Waals surface area (Å²) in [6.07, 6.45) is 0. The molecule has 4 heteroatoms. The summed E-state index contributed by atoms with van der Waals surface area (Å²) in [5.41, 5.74) is 3.01. The number of fused-ring (bicyclic) bond motifs is 1. The number of quaternary nitrogens is 1. The average molecular weight is 331 g/mol. The Morgan fingerprint density at radius 1 is 0.840 bits per heavy atom. The van der Waals surface area contributed by atoms with E-state index in [-0.39, 0.29) is 10.6 Å². The van der Waals surface area contributed by atoms with Gasteiger partial charge in [0, 0.05) is 34.7 Å². The van der Waals surface area contributed by atoms with E-state index in [1.165, 1.54) is 11.8 Å². The van der Waals surface area contributed by atoms with Gasteiger partial charge in [-0.1, -0.05) is 30.0 Å². The molecule has 25 heavy (non-hydrogen) atoms. The van der Waals surface area contributed by atoms with Gasteiger partial charge in [0.25, 0.3) is 5.69 Å². The highest BCUT2D eigenvalue weighted by Gasteiger charge is 2.12. The lowest BCUT2D eigenvalue weighted by molar-refractivity contribution is -0.383. The molecule has 0 unspecified atom stereocenters. The van der Waals surface area contributed by atoms with Crippen LogP contribution in [0.1, 0.15) is 11.1 Å². The summed E-state index contributed by atoms with van der Waals surface area (Å²) in [7, 11) is 6.34. The van der Waals surface area contributed by atoms with Gasteiger partial charge in [-0.25, -0.2) is 0 Å². The maximum atomic E-state index is 11.2. The Balaban J connectivity index is 2.01. The van der Waals surface area contributed by atoms with Gasteiger partial charge in [-0.2, -0.15) is 0 Å². The predicted molar refractivity (Wildman–Crippen MR) is 103 cm³/mol. The molecule has 3 aromatic carbocycles. The first-order valence-electron chi connectivity index (χ1n) is 7.96. The van der Waals surface area contributed by atoms with Gasteiger partial charge in [0.15, 0.2) is 0 Å². The van der Waals surface area contributed by atoms with Crippen LogP contribution in [0.2, 0.25) is 0 Å². The van der Waals surface area contributed by atoms with Crippen molar-refractivity contribution in [2.24, 2.45) is 0 Å². The van der Waals surface area contributed by atoms with Gasteiger partial charge >= 0.3 is 0 Å². The van der Waals surface area contributed by atoms with E-state index in [9.17, 15) is 10.1 Å². The van der Waals surface area contributed by atoms with E-state index in [0.29, 0.717) is 5.39 Å². The van der Waals surface area contributed by atoms with E-state index in [2.05, 4.69) is 45.1 Å². The number of hydrogen-bond donors (Lipinski definition) is 0. The third-order valence-corrected chi connectivity index (χ3v) is 4.08. The van der Waals surface area contributed by atoms with Crippen molar-refractivity contribution < 1.29 is 4.92 Å². The number of hydrogen-bond acceptors (Lipinski definition) is 2. The second-order valence-electron chi connectivity index (χ2n) is 6.74. The highest BCUT2D eigenvalue weighted by molar-refractivity contribution is 5.94. The topological polar surface area (TPSA) is 43.1 Å². The summed E-state index contributed by atoms with van der Waals surface area (Å²) < 4.78 is 0.751. The third kappa shape index (κ3) is 3.52. The minimum Gasteiger partial charge on any atom is -0.298 e. The maximum absolute atomic E-state index is 11.2. The first-order chi connectivity index (χ1) is 11.9. The summed E-state index contributed by atoms with van der Waals surface area (Å²) >= 11 is 0. The Morgan fingerprint density at radius 3 is 2.12 bits per heavy atom. The van der Waals surface area contributed by atoms with Crippen LogP contribution >= 0.6 is 0 Å². The molecule has 124 valence electrons. The molecule has 0 aliphatic carbocycles. The zero-order chi connectivity index (χ0) is 18.0. The van der Waals surface area contributed by atoms with Gasteiger partial charge in [0.2, 0.25) is 0 Å². The van der Waals surface area contributed by atoms with Gasteiger partial charge in [-0.3, -0.25) is 14.6 Å². The van der Waals surface area contributed by atoms with Crippen molar-refractivity contribution in [1.29, 1.82) is 0 Å². The van der Waals surface area contributed by atoms with Crippen molar-refractivity contribution in [3.05, 3.63) is 81.9 Å². The molecule has 0 aromatic heterocycles. The van der Waals surface area contributed by atoms with Crippen LogP contribution in [0.15, 0.2) is 60.7 Å². The van der Waals surface area contributed by atoms with Crippen LogP contribution in [-0.2, 0) is 0 Å². The quantitative estimate of drug-likeness (QED) is 0.303. The predicted octanol–water partition coefficient (Wildman–Crippen LogP) is 4.34. The van der Waals surface area contributed by atoms with Crippen LogP contribution in [0.4, 0.5) is 11.4 Å². The van der Waals surface area contributed by atoms with E-state index in [1.54, 1.807) is 18.2 Å². The highest BCUT2D eigenvalue weighted by Crippen LogP contribution is 2.27. The zero-order valence-corrected chi connectivity index (χ0v) is 14.5. The zero-order valence-electron chi connectivity index (χ0n) is 14.5. The second kappa shape index (κ2) is 6.39. The molecule has 3 rings (SSSR count). The largest absolute Gasteiger partial charge is 0.298 e. The molecule has 0 aliphatic heterocycles. The van der Waals surface area contributed by atoms with Crippen molar-refractivity contribution in [2.45, 2.75) is 0 Å². The SMILES string of the molecule is C[N+](C)(C)c1ccc(C#Cc2cccc3c([N+](=O)[O-])cccc23)cc1. The Kier molecular flexibility index (Phi) is 4.26. The number of nitro benzene ring substituents is 1. The van der Waals surface area contributed by atoms with Crippen molar-refractivity contribution >= 4 is 22.1 Å². The average Bonchev–Trinajstić information content (AvgIpc) is 2.58. The molecule has 3 aromatic rings. The van der Waals surface area contributed by atoms with Gasteiger partial charge < -0.3 is 0 Å². The lowest BCUT2D eigenvalue weighted by Gasteiger charge is -2.23. The van der Waals surface area contributed by atoms with Gasteiger partial charge in [0.1, 0.15) is 5.69 Å². The molecule has 0 bridgehead atoms. The fraction of sp³-hybridized carbons (Fsp3) is 0.143. The molecular formula is C21H19N2O2+. The molecule has 0 aliphatic rings. The number of rotatable bonds is 2. The van der Waals surface area contributed by atoms with Crippen LogP contribution in [-0.4, -0.2) is 26.1 Å². The van der Waals surface area contributed by atoms with E-state index in [1.807, 2.05) is 24.3 Å². The van der Waals surface area contributed by atoms with Crippen LogP contribution in [0.3, 0.4) is 0 Å². The third-order valence-electron chi connectivity index (χ3n) is 4.08. The second-order valence-corrected chi connectivity index (χ2v) is 6.74. The Labute approximate surface area is 147 Å². The van der Waals surface area contributed by atoms with Crippen LogP contribution in [0.25, 0.3) is 10.8 Å². The molecule has 4 nitrogen and oxygen atoms in total. The first-order valence-corrected chi connectivity index (χ1v) is 7.96. The molecule has 0 saturated carbocycles. The van der Waals surface area contributed by atoms with Crippen molar-refractivity contribution in [2.75, 3.05) is 21.1 Å². The van der Waals surface area contributed by atoms with Crippen LogP contribution in [0, 0.1) is 22.0 Å². The lowest BCUT2D eigenvalue weighted by atomic mass is 10.0. The molecular weight excluding hydrogens is 312 g/mol. The lowest BCUT2D eigenvalue weighted by Crippen LogP contribution is -2.34. The first kappa shape index (κ1) is 16.7. The number of nitrogens with zero attached hydrogens (tertiary/aromatic N) is 2. The summed E-state index contributed by atoms with van der Waals surface area (Å²) in [5.74, 6) is 6.30. The van der Waals surface area contributed by atoms with E-state index < -0.39 is 0 Å². The smallest absolute Gasteiger partial charge is 0.277 e. The summed E-state index contributed by atoms with van der Waals surface area (Å²) in [6.45, 7) is 0. The summed E-state index contributed by atoms with van der Waals surface area (Å²) in [6, 6.07) is 18.7. The highest BCUT2D eigenvalue weighted by atomic mass is 16.6. The molecule has 0 amide bonds. The Morgan fingerprint density at radius 2 is 1.48 bits per heavy atom. The molecule has 0 N–H and O–H groups in total. The monoisotopic (exact) mass is 331 g/mol. The number of non-ortho nitro benzene ring substituents is 1. The molecule has 0 heterocycles. The maximum Gasteiger partial charge on any atom is 0.277 e. The molecule has 0 saturated heterocycles. The standard InChI is InChI=1S/C21H19N2O2/c1-23(2,3)18-14-11-16(12-15-18)10-13-17-6-4-8-20-19(17)7-5-9-21(20)22(24)25/h4-9,11-12,14-15H,1-3H3/q+1. The normalized spacial score (nSPS) is 11.0. The summed E-state index contributed by atoms with van der Waals surface area (Å²) in [4.78, 5) is 10.8. The van der Waals surface area contributed by atoms with Crippen molar-refractivity contribution in [3.63, 3.8) is 0 Å². The van der Waals surface area contributed by atoms with Crippen LogP contribution in [0.5, 0.6) is 0 Å². The summed E-state index contributed by atoms with van der Waals surface area (Å²) in [5, 5.41) is 12.6. The Hall–Kier alpha value is -3.16. The Bertz CT molecular complexity index is 1000. The molecule has 0 atom stereocenters. The number of nitro groups is 1. The van der Waals surface area contributed by atoms with E-state index in [0.717, 1.165) is 21.0 Å². The minimum absolute atomic E-state index is 0.105. The van der Waals surface area contributed by atoms with Crippen LogP contribution < -0.4 is 4.48 Å². The van der Waals surface area contributed by atoms with E-state index in [4.69, 9.17) is 0 Å². The fourth-order valence-corrected chi connectivity index (χ4v) is 2.69. The van der Waals surface area contributed by atoms with Gasteiger partial charge in [-0.05, 0) is 24.3 Å². The van der Waals surface area contributed by atoms with Gasteiger partial charge in [-0.15, -0.1) is 0 Å².